The topological polar surface area (TPSA) is 33.0 Å². The summed E-state index contributed by atoms with van der Waals surface area (Å²) in [5.41, 5.74) is 0.285. The maximum atomic E-state index is 9.53. The SMILES string of the molecule is CCCCOCCC1(C#N)CCC(C(C)(C)C)CC1. The van der Waals surface area contributed by atoms with Crippen LogP contribution in [0.5, 0.6) is 0 Å². The highest BCUT2D eigenvalue weighted by atomic mass is 16.5. The molecule has 0 saturated heterocycles. The first-order chi connectivity index (χ1) is 8.93. The molecule has 2 nitrogen and oxygen atoms in total. The Balaban J connectivity index is 2.37. The summed E-state index contributed by atoms with van der Waals surface area (Å²) in [5, 5.41) is 9.53. The molecule has 1 aliphatic carbocycles. The van der Waals surface area contributed by atoms with Crippen LogP contribution in [0.1, 0.15) is 72.6 Å². The molecule has 0 bridgehead atoms. The van der Waals surface area contributed by atoms with Crippen molar-refractivity contribution in [2.75, 3.05) is 13.2 Å². The van der Waals surface area contributed by atoms with Gasteiger partial charge in [0.05, 0.1) is 11.5 Å². The van der Waals surface area contributed by atoms with E-state index in [4.69, 9.17) is 4.74 Å². The monoisotopic (exact) mass is 265 g/mol. The van der Waals surface area contributed by atoms with Crippen molar-refractivity contribution in [3.63, 3.8) is 0 Å². The molecule has 1 fully saturated rings. The van der Waals surface area contributed by atoms with E-state index in [9.17, 15) is 5.26 Å². The minimum Gasteiger partial charge on any atom is -0.381 e. The summed E-state index contributed by atoms with van der Waals surface area (Å²) >= 11 is 0. The van der Waals surface area contributed by atoms with E-state index in [2.05, 4.69) is 33.8 Å². The highest BCUT2D eigenvalue weighted by Crippen LogP contribution is 2.46. The Morgan fingerprint density at radius 3 is 2.32 bits per heavy atom. The Hall–Kier alpha value is -0.550. The maximum Gasteiger partial charge on any atom is 0.0690 e. The lowest BCUT2D eigenvalue weighted by atomic mass is 9.63. The number of rotatable bonds is 6. The minimum atomic E-state index is -0.103. The van der Waals surface area contributed by atoms with E-state index in [0.717, 1.165) is 44.8 Å². The molecule has 1 rings (SSSR count). The van der Waals surface area contributed by atoms with E-state index in [-0.39, 0.29) is 5.41 Å². The summed E-state index contributed by atoms with van der Waals surface area (Å²) < 4.78 is 5.65. The standard InChI is InChI=1S/C17H31NO/c1-5-6-12-19-13-11-17(14-18)9-7-15(8-10-17)16(2,3)4/h15H,5-13H2,1-4H3. The summed E-state index contributed by atoms with van der Waals surface area (Å²) in [5.74, 6) is 0.773. The van der Waals surface area contributed by atoms with Gasteiger partial charge in [0.2, 0.25) is 0 Å². The zero-order chi connectivity index (χ0) is 14.4. The lowest BCUT2D eigenvalue weighted by Gasteiger charge is -2.40. The van der Waals surface area contributed by atoms with E-state index in [1.54, 1.807) is 0 Å². The molecule has 1 saturated carbocycles. The van der Waals surface area contributed by atoms with E-state index in [1.807, 2.05) is 0 Å². The first kappa shape index (κ1) is 16.5. The quantitative estimate of drug-likeness (QED) is 0.637. The highest BCUT2D eigenvalue weighted by molar-refractivity contribution is 5.02. The molecule has 0 radical (unpaired) electrons. The van der Waals surface area contributed by atoms with Crippen molar-refractivity contribution in [1.82, 2.24) is 0 Å². The lowest BCUT2D eigenvalue weighted by Crippen LogP contribution is -2.32. The van der Waals surface area contributed by atoms with Crippen LogP contribution in [-0.2, 0) is 4.74 Å². The van der Waals surface area contributed by atoms with Crippen LogP contribution in [0.15, 0.2) is 0 Å². The van der Waals surface area contributed by atoms with Crippen LogP contribution in [0.2, 0.25) is 0 Å². The molecule has 0 N–H and O–H groups in total. The molecule has 2 heteroatoms. The molecule has 0 aliphatic heterocycles. The summed E-state index contributed by atoms with van der Waals surface area (Å²) in [6.07, 6.45) is 7.75. The molecule has 0 aromatic heterocycles. The second-order valence-electron chi connectivity index (χ2n) is 7.25. The third-order valence-electron chi connectivity index (χ3n) is 4.77. The summed E-state index contributed by atoms with van der Waals surface area (Å²) in [4.78, 5) is 0. The van der Waals surface area contributed by atoms with Gasteiger partial charge in [-0.2, -0.15) is 5.26 Å². The summed E-state index contributed by atoms with van der Waals surface area (Å²) in [6, 6.07) is 2.60. The normalized spacial score (nSPS) is 28.1. The third-order valence-corrected chi connectivity index (χ3v) is 4.77. The molecule has 1 aliphatic rings. The largest absolute Gasteiger partial charge is 0.381 e. The Labute approximate surface area is 119 Å². The van der Waals surface area contributed by atoms with Crippen LogP contribution in [0.25, 0.3) is 0 Å². The van der Waals surface area contributed by atoms with E-state index >= 15 is 0 Å². The Morgan fingerprint density at radius 1 is 1.21 bits per heavy atom. The van der Waals surface area contributed by atoms with E-state index < -0.39 is 0 Å². The van der Waals surface area contributed by atoms with Gasteiger partial charge in [0, 0.05) is 13.2 Å². The average molecular weight is 265 g/mol. The molecule has 0 heterocycles. The zero-order valence-corrected chi connectivity index (χ0v) is 13.3. The van der Waals surface area contributed by atoms with Crippen molar-refractivity contribution in [3.05, 3.63) is 0 Å². The third kappa shape index (κ3) is 5.15. The van der Waals surface area contributed by atoms with Crippen LogP contribution in [-0.4, -0.2) is 13.2 Å². The summed E-state index contributed by atoms with van der Waals surface area (Å²) in [7, 11) is 0. The number of nitrogens with zero attached hydrogens (tertiary/aromatic N) is 1. The molecule has 0 aromatic rings. The van der Waals surface area contributed by atoms with Gasteiger partial charge in [0.1, 0.15) is 0 Å². The molecule has 110 valence electrons. The number of unbranched alkanes of at least 4 members (excludes halogenated alkanes) is 1. The van der Waals surface area contributed by atoms with Gasteiger partial charge in [0.25, 0.3) is 0 Å². The predicted octanol–water partition coefficient (Wildman–Crippen LogP) is 4.94. The first-order valence-corrected chi connectivity index (χ1v) is 7.92. The Kier molecular flexibility index (Phi) is 6.33. The second kappa shape index (κ2) is 7.29. The number of hydrogen-bond acceptors (Lipinski definition) is 2. The van der Waals surface area contributed by atoms with Gasteiger partial charge in [-0.05, 0) is 49.9 Å². The van der Waals surface area contributed by atoms with Gasteiger partial charge < -0.3 is 4.74 Å². The molecule has 0 unspecified atom stereocenters. The van der Waals surface area contributed by atoms with Gasteiger partial charge in [-0.25, -0.2) is 0 Å². The Morgan fingerprint density at radius 2 is 1.84 bits per heavy atom. The summed E-state index contributed by atoms with van der Waals surface area (Å²) in [6.45, 7) is 10.8. The smallest absolute Gasteiger partial charge is 0.0690 e. The van der Waals surface area contributed by atoms with Gasteiger partial charge in [-0.3, -0.25) is 0 Å². The van der Waals surface area contributed by atoms with Crippen LogP contribution in [0.4, 0.5) is 0 Å². The van der Waals surface area contributed by atoms with E-state index in [0.29, 0.717) is 5.41 Å². The van der Waals surface area contributed by atoms with Crippen molar-refractivity contribution in [3.8, 4) is 6.07 Å². The van der Waals surface area contributed by atoms with Crippen LogP contribution in [0, 0.1) is 28.1 Å². The maximum absolute atomic E-state index is 9.53. The second-order valence-corrected chi connectivity index (χ2v) is 7.25. The first-order valence-electron chi connectivity index (χ1n) is 7.92. The number of hydrogen-bond donors (Lipinski definition) is 0. The fourth-order valence-electron chi connectivity index (χ4n) is 3.07. The zero-order valence-electron chi connectivity index (χ0n) is 13.3. The molecule has 0 spiro atoms. The van der Waals surface area contributed by atoms with Gasteiger partial charge in [-0.1, -0.05) is 34.1 Å². The molecule has 19 heavy (non-hydrogen) atoms. The fraction of sp³-hybridized carbons (Fsp3) is 0.941. The van der Waals surface area contributed by atoms with Gasteiger partial charge in [0.15, 0.2) is 0 Å². The van der Waals surface area contributed by atoms with Crippen molar-refractivity contribution < 1.29 is 4.74 Å². The molecule has 0 amide bonds. The molecule has 0 atom stereocenters. The van der Waals surface area contributed by atoms with E-state index in [1.165, 1.54) is 19.3 Å². The van der Waals surface area contributed by atoms with Crippen LogP contribution in [0.3, 0.4) is 0 Å². The fourth-order valence-corrected chi connectivity index (χ4v) is 3.07. The highest BCUT2D eigenvalue weighted by Gasteiger charge is 2.38. The van der Waals surface area contributed by atoms with Crippen molar-refractivity contribution in [2.24, 2.45) is 16.7 Å². The van der Waals surface area contributed by atoms with Gasteiger partial charge in [-0.15, -0.1) is 0 Å². The number of ether oxygens (including phenoxy) is 1. The molecule has 0 aromatic carbocycles. The van der Waals surface area contributed by atoms with Crippen molar-refractivity contribution in [1.29, 1.82) is 5.26 Å². The Bertz CT molecular complexity index is 289. The average Bonchev–Trinajstić information content (AvgIpc) is 2.38. The van der Waals surface area contributed by atoms with Gasteiger partial charge >= 0.3 is 0 Å². The van der Waals surface area contributed by atoms with Crippen LogP contribution < -0.4 is 0 Å². The lowest BCUT2D eigenvalue weighted by molar-refractivity contribution is 0.0696. The van der Waals surface area contributed by atoms with Crippen molar-refractivity contribution >= 4 is 0 Å². The van der Waals surface area contributed by atoms with Crippen molar-refractivity contribution in [2.45, 2.75) is 72.6 Å². The predicted molar refractivity (Wildman–Crippen MR) is 79.8 cm³/mol. The molecular formula is C17H31NO. The minimum absolute atomic E-state index is 0.103. The molecular weight excluding hydrogens is 234 g/mol. The number of nitriles is 1. The van der Waals surface area contributed by atoms with Crippen LogP contribution >= 0.6 is 0 Å².